The zero-order valence-electron chi connectivity index (χ0n) is 22.8. The fraction of sp³-hybridized carbons (Fsp3) is 0.414. The van der Waals surface area contributed by atoms with Gasteiger partial charge in [0.1, 0.15) is 11.4 Å². The predicted octanol–water partition coefficient (Wildman–Crippen LogP) is 4.56. The van der Waals surface area contributed by atoms with E-state index in [9.17, 15) is 9.59 Å². The number of rotatable bonds is 11. The fourth-order valence-corrected chi connectivity index (χ4v) is 5.73. The van der Waals surface area contributed by atoms with Crippen LogP contribution in [-0.2, 0) is 6.42 Å². The lowest BCUT2D eigenvalue weighted by Crippen LogP contribution is -2.38. The van der Waals surface area contributed by atoms with Crippen molar-refractivity contribution in [3.63, 3.8) is 0 Å². The average Bonchev–Trinajstić information content (AvgIpc) is 3.47. The van der Waals surface area contributed by atoms with Crippen LogP contribution < -0.4 is 24.3 Å². The Balaban J connectivity index is 1.32. The first-order valence-corrected chi connectivity index (χ1v) is 13.9. The number of piperidine rings is 1. The monoisotopic (exact) mass is 553 g/mol. The summed E-state index contributed by atoms with van der Waals surface area (Å²) in [5.74, 6) is 2.01. The van der Waals surface area contributed by atoms with Gasteiger partial charge >= 0.3 is 0 Å². The van der Waals surface area contributed by atoms with Gasteiger partial charge in [0.25, 0.3) is 11.8 Å². The number of hydrogen-bond acceptors (Lipinski definition) is 8. The Morgan fingerprint density at radius 1 is 1.00 bits per heavy atom. The Kier molecular flexibility index (Phi) is 9.64. The maximum Gasteiger partial charge on any atom is 0.270 e. The molecule has 0 radical (unpaired) electrons. The van der Waals surface area contributed by atoms with Gasteiger partial charge in [0, 0.05) is 30.9 Å². The molecule has 1 aromatic heterocycles. The van der Waals surface area contributed by atoms with Gasteiger partial charge in [0.05, 0.1) is 38.5 Å². The smallest absolute Gasteiger partial charge is 0.270 e. The van der Waals surface area contributed by atoms with Crippen molar-refractivity contribution in [2.24, 2.45) is 0 Å². The van der Waals surface area contributed by atoms with Crippen LogP contribution >= 0.6 is 11.3 Å². The van der Waals surface area contributed by atoms with E-state index in [4.69, 9.17) is 18.9 Å². The van der Waals surface area contributed by atoms with Crippen molar-refractivity contribution in [1.82, 2.24) is 15.2 Å². The quantitative estimate of drug-likeness (QED) is 0.372. The summed E-state index contributed by atoms with van der Waals surface area (Å²) in [5.41, 5.74) is 1.93. The molecule has 39 heavy (non-hydrogen) atoms. The SMILES string of the molecule is CCOc1ccccc1CCNC(=O)c1csc(C2CCN(C(=O)c3ccc(OC)c(OC)c3OC)CC2)n1. The summed E-state index contributed by atoms with van der Waals surface area (Å²) in [6.07, 6.45) is 2.21. The van der Waals surface area contributed by atoms with Crippen LogP contribution in [0.5, 0.6) is 23.0 Å². The summed E-state index contributed by atoms with van der Waals surface area (Å²) in [6, 6.07) is 11.3. The number of nitrogens with one attached hydrogen (secondary N) is 1. The number of hydrogen-bond donors (Lipinski definition) is 1. The maximum absolute atomic E-state index is 13.3. The van der Waals surface area contributed by atoms with Crippen molar-refractivity contribution in [3.8, 4) is 23.0 Å². The highest BCUT2D eigenvalue weighted by Gasteiger charge is 2.30. The van der Waals surface area contributed by atoms with Gasteiger partial charge < -0.3 is 29.2 Å². The Hall–Kier alpha value is -3.79. The maximum atomic E-state index is 13.3. The summed E-state index contributed by atoms with van der Waals surface area (Å²) >= 11 is 1.50. The zero-order valence-corrected chi connectivity index (χ0v) is 23.6. The first-order chi connectivity index (χ1) is 19.0. The molecule has 2 aromatic carbocycles. The van der Waals surface area contributed by atoms with Crippen LogP contribution in [0.2, 0.25) is 0 Å². The van der Waals surface area contributed by atoms with E-state index in [0.717, 1.165) is 29.2 Å². The van der Waals surface area contributed by atoms with Gasteiger partial charge in [-0.1, -0.05) is 18.2 Å². The van der Waals surface area contributed by atoms with E-state index in [1.807, 2.05) is 41.5 Å². The van der Waals surface area contributed by atoms with Crippen molar-refractivity contribution in [1.29, 1.82) is 0 Å². The zero-order chi connectivity index (χ0) is 27.8. The van der Waals surface area contributed by atoms with Crippen molar-refractivity contribution < 1.29 is 28.5 Å². The van der Waals surface area contributed by atoms with Gasteiger partial charge in [-0.15, -0.1) is 11.3 Å². The Labute approximate surface area is 233 Å². The molecule has 0 bridgehead atoms. The summed E-state index contributed by atoms with van der Waals surface area (Å²) in [6.45, 7) is 4.22. The minimum Gasteiger partial charge on any atom is -0.494 e. The van der Waals surface area contributed by atoms with Gasteiger partial charge in [-0.25, -0.2) is 4.98 Å². The van der Waals surface area contributed by atoms with E-state index in [2.05, 4.69) is 10.3 Å². The van der Waals surface area contributed by atoms with Crippen molar-refractivity contribution in [2.45, 2.75) is 32.1 Å². The molecular weight excluding hydrogens is 518 g/mol. The number of amides is 2. The molecule has 0 saturated carbocycles. The van der Waals surface area contributed by atoms with E-state index in [1.165, 1.54) is 25.6 Å². The lowest BCUT2D eigenvalue weighted by molar-refractivity contribution is 0.0708. The third kappa shape index (κ3) is 6.44. The number of carbonyl (C=O) groups is 2. The van der Waals surface area contributed by atoms with E-state index in [0.29, 0.717) is 61.2 Å². The highest BCUT2D eigenvalue weighted by Crippen LogP contribution is 2.41. The number of para-hydroxylation sites is 1. The molecule has 3 aromatic rings. The number of aromatic nitrogens is 1. The van der Waals surface area contributed by atoms with Gasteiger partial charge in [0.15, 0.2) is 11.5 Å². The predicted molar refractivity (Wildman–Crippen MR) is 150 cm³/mol. The topological polar surface area (TPSA) is 99.2 Å². The molecule has 1 aliphatic heterocycles. The molecule has 1 fully saturated rings. The average molecular weight is 554 g/mol. The molecule has 2 heterocycles. The van der Waals surface area contributed by atoms with E-state index in [-0.39, 0.29) is 17.7 Å². The number of ether oxygens (including phenoxy) is 4. The minimum atomic E-state index is -0.181. The first kappa shape index (κ1) is 28.2. The fourth-order valence-electron chi connectivity index (χ4n) is 4.76. The third-order valence-corrected chi connectivity index (χ3v) is 7.78. The first-order valence-electron chi connectivity index (χ1n) is 13.0. The van der Waals surface area contributed by atoms with Crippen LogP contribution in [0.4, 0.5) is 0 Å². The van der Waals surface area contributed by atoms with Crippen LogP contribution in [0.15, 0.2) is 41.8 Å². The summed E-state index contributed by atoms with van der Waals surface area (Å²) in [4.78, 5) is 32.5. The molecule has 1 aliphatic rings. The second kappa shape index (κ2) is 13.3. The number of carbonyl (C=O) groups excluding carboxylic acids is 2. The Morgan fingerprint density at radius 3 is 2.44 bits per heavy atom. The third-order valence-electron chi connectivity index (χ3n) is 6.77. The van der Waals surface area contributed by atoms with Gasteiger partial charge in [0.2, 0.25) is 5.75 Å². The molecular formula is C29H35N3O6S. The molecule has 208 valence electrons. The van der Waals surface area contributed by atoms with Gasteiger partial charge in [-0.05, 0) is 49.9 Å². The normalized spacial score (nSPS) is 13.6. The van der Waals surface area contributed by atoms with E-state index in [1.54, 1.807) is 19.2 Å². The molecule has 0 unspecified atom stereocenters. The van der Waals surface area contributed by atoms with Gasteiger partial charge in [-0.3, -0.25) is 9.59 Å². The summed E-state index contributed by atoms with van der Waals surface area (Å²) in [5, 5.41) is 5.71. The van der Waals surface area contributed by atoms with E-state index < -0.39 is 0 Å². The van der Waals surface area contributed by atoms with E-state index >= 15 is 0 Å². The number of methoxy groups -OCH3 is 3. The molecule has 1 saturated heterocycles. The molecule has 1 N–H and O–H groups in total. The largest absolute Gasteiger partial charge is 0.494 e. The number of thiazole rings is 1. The Morgan fingerprint density at radius 2 is 1.74 bits per heavy atom. The van der Waals surface area contributed by atoms with Crippen LogP contribution in [0.3, 0.4) is 0 Å². The molecule has 2 amide bonds. The summed E-state index contributed by atoms with van der Waals surface area (Å²) < 4.78 is 21.9. The standard InChI is InChI=1S/C29H35N3O6S/c1-5-38-23-9-7-6-8-19(23)12-15-30-27(33)22-18-39-28(31-22)20-13-16-32(17-14-20)29(34)21-10-11-24(35-2)26(37-4)25(21)36-3/h6-11,18,20H,5,12-17H2,1-4H3,(H,30,33). The molecule has 0 spiro atoms. The molecule has 0 atom stereocenters. The minimum absolute atomic E-state index is 0.114. The van der Waals surface area contributed by atoms with Crippen molar-refractivity contribution in [2.75, 3.05) is 47.6 Å². The van der Waals surface area contributed by atoms with Crippen molar-refractivity contribution >= 4 is 23.2 Å². The van der Waals surface area contributed by atoms with Crippen LogP contribution in [0.1, 0.15) is 57.1 Å². The lowest BCUT2D eigenvalue weighted by Gasteiger charge is -2.31. The Bertz CT molecular complexity index is 1290. The molecule has 9 nitrogen and oxygen atoms in total. The van der Waals surface area contributed by atoms with Crippen LogP contribution in [0, 0.1) is 0 Å². The van der Waals surface area contributed by atoms with Gasteiger partial charge in [-0.2, -0.15) is 0 Å². The molecule has 0 aliphatic carbocycles. The highest BCUT2D eigenvalue weighted by atomic mass is 32.1. The lowest BCUT2D eigenvalue weighted by atomic mass is 9.97. The van der Waals surface area contributed by atoms with Crippen LogP contribution in [0.25, 0.3) is 0 Å². The van der Waals surface area contributed by atoms with Crippen molar-refractivity contribution in [3.05, 3.63) is 63.6 Å². The number of likely N-dealkylation sites (tertiary alicyclic amines) is 1. The summed E-state index contributed by atoms with van der Waals surface area (Å²) in [7, 11) is 4.57. The number of nitrogens with zero attached hydrogens (tertiary/aromatic N) is 2. The highest BCUT2D eigenvalue weighted by molar-refractivity contribution is 7.09. The number of benzene rings is 2. The molecule has 10 heteroatoms. The molecule has 4 rings (SSSR count). The second-order valence-corrected chi connectivity index (χ2v) is 9.96. The second-order valence-electron chi connectivity index (χ2n) is 9.07. The van der Waals surface area contributed by atoms with Crippen LogP contribution in [-0.4, -0.2) is 69.3 Å².